The number of nitrogens with one attached hydrogen (secondary N) is 2. The molecule has 0 spiro atoms. The predicted molar refractivity (Wildman–Crippen MR) is 118 cm³/mol. The van der Waals surface area contributed by atoms with Crippen LogP contribution in [-0.2, 0) is 6.54 Å². The molecule has 2 N–H and O–H groups in total. The second kappa shape index (κ2) is 9.25. The smallest absolute Gasteiger partial charge is 0.405 e. The van der Waals surface area contributed by atoms with E-state index in [1.165, 1.54) is 19.1 Å². The summed E-state index contributed by atoms with van der Waals surface area (Å²) >= 11 is 0. The summed E-state index contributed by atoms with van der Waals surface area (Å²) in [6.07, 6.45) is -4.58. The Morgan fingerprint density at radius 2 is 1.79 bits per heavy atom. The maximum Gasteiger partial charge on any atom is 0.405 e. The standard InChI is InChI=1S/C24H24F4N2O3/c1-12(2)17-9-18-16(8-22(31)33-21(18)5-13(17)3)10-29-20-7-15(6-19(25)14(20)4)23(32)30-11-24(26,27)28/h5-9,12,29H,10-11H2,1-4H3,(H,30,32). The van der Waals surface area contributed by atoms with Gasteiger partial charge in [0.05, 0.1) is 0 Å². The number of alkyl halides is 3. The summed E-state index contributed by atoms with van der Waals surface area (Å²) in [5, 5.41) is 5.44. The Morgan fingerprint density at radius 1 is 1.09 bits per heavy atom. The Bertz CT molecular complexity index is 1260. The van der Waals surface area contributed by atoms with E-state index in [0.717, 1.165) is 17.2 Å². The van der Waals surface area contributed by atoms with Crippen LogP contribution < -0.4 is 16.3 Å². The minimum atomic E-state index is -4.58. The minimum absolute atomic E-state index is 0.108. The maximum atomic E-state index is 14.4. The van der Waals surface area contributed by atoms with E-state index in [-0.39, 0.29) is 29.3 Å². The Labute approximate surface area is 187 Å². The lowest BCUT2D eigenvalue weighted by Gasteiger charge is -2.16. The molecule has 176 valence electrons. The van der Waals surface area contributed by atoms with Gasteiger partial charge >= 0.3 is 11.8 Å². The molecule has 1 heterocycles. The molecule has 9 heteroatoms. The van der Waals surface area contributed by atoms with Crippen LogP contribution in [0, 0.1) is 19.7 Å². The quantitative estimate of drug-likeness (QED) is 0.369. The highest BCUT2D eigenvalue weighted by molar-refractivity contribution is 5.95. The van der Waals surface area contributed by atoms with E-state index < -0.39 is 30.1 Å². The van der Waals surface area contributed by atoms with Gasteiger partial charge in [0.1, 0.15) is 17.9 Å². The van der Waals surface area contributed by atoms with Gasteiger partial charge in [-0.05, 0) is 60.7 Å². The topological polar surface area (TPSA) is 71.3 Å². The molecule has 0 saturated carbocycles. The maximum absolute atomic E-state index is 14.4. The van der Waals surface area contributed by atoms with Gasteiger partial charge in [-0.1, -0.05) is 13.8 Å². The van der Waals surface area contributed by atoms with Gasteiger partial charge < -0.3 is 15.1 Å². The molecule has 0 aliphatic rings. The highest BCUT2D eigenvalue weighted by Crippen LogP contribution is 2.28. The third-order valence-corrected chi connectivity index (χ3v) is 5.36. The van der Waals surface area contributed by atoms with Crippen LogP contribution in [0.4, 0.5) is 23.2 Å². The number of anilines is 1. The lowest BCUT2D eigenvalue weighted by Crippen LogP contribution is -2.33. The second-order valence-corrected chi connectivity index (χ2v) is 8.23. The number of fused-ring (bicyclic) bond motifs is 1. The van der Waals surface area contributed by atoms with Crippen molar-refractivity contribution < 1.29 is 26.8 Å². The number of halogens is 4. The number of aryl methyl sites for hydroxylation is 1. The first-order valence-electron chi connectivity index (χ1n) is 10.3. The molecular formula is C24H24F4N2O3. The average molecular weight is 464 g/mol. The lowest BCUT2D eigenvalue weighted by atomic mass is 9.95. The van der Waals surface area contributed by atoms with E-state index in [9.17, 15) is 27.2 Å². The summed E-state index contributed by atoms with van der Waals surface area (Å²) in [4.78, 5) is 24.1. The molecule has 2 aromatic carbocycles. The zero-order valence-corrected chi connectivity index (χ0v) is 18.6. The molecule has 5 nitrogen and oxygen atoms in total. The Balaban J connectivity index is 1.93. The van der Waals surface area contributed by atoms with Gasteiger partial charge in [-0.3, -0.25) is 4.79 Å². The number of rotatable bonds is 6. The zero-order valence-electron chi connectivity index (χ0n) is 18.6. The number of benzene rings is 2. The normalized spacial score (nSPS) is 11.8. The fourth-order valence-electron chi connectivity index (χ4n) is 3.63. The number of carbonyl (C=O) groups excluding carboxylic acids is 1. The Hall–Kier alpha value is -3.36. The van der Waals surface area contributed by atoms with E-state index in [1.807, 2.05) is 26.8 Å². The molecule has 0 bridgehead atoms. The van der Waals surface area contributed by atoms with E-state index in [2.05, 4.69) is 5.32 Å². The molecule has 0 fully saturated rings. The monoisotopic (exact) mass is 464 g/mol. The fourth-order valence-corrected chi connectivity index (χ4v) is 3.63. The number of hydrogen-bond donors (Lipinski definition) is 2. The summed E-state index contributed by atoms with van der Waals surface area (Å²) in [5.41, 5.74) is 2.72. The third kappa shape index (κ3) is 5.71. The second-order valence-electron chi connectivity index (χ2n) is 8.23. The first-order chi connectivity index (χ1) is 15.4. The van der Waals surface area contributed by atoms with Gasteiger partial charge in [0, 0.05) is 34.8 Å². The van der Waals surface area contributed by atoms with E-state index in [1.54, 1.807) is 11.4 Å². The lowest BCUT2D eigenvalue weighted by molar-refractivity contribution is -0.123. The average Bonchev–Trinajstić information content (AvgIpc) is 2.71. The van der Waals surface area contributed by atoms with Gasteiger partial charge in [-0.15, -0.1) is 0 Å². The molecular weight excluding hydrogens is 440 g/mol. The first-order valence-corrected chi connectivity index (χ1v) is 10.3. The van der Waals surface area contributed by atoms with E-state index in [4.69, 9.17) is 4.42 Å². The molecule has 0 aliphatic carbocycles. The highest BCUT2D eigenvalue weighted by Gasteiger charge is 2.28. The van der Waals surface area contributed by atoms with Gasteiger partial charge in [0.25, 0.3) is 5.91 Å². The molecule has 0 saturated heterocycles. The van der Waals surface area contributed by atoms with Crippen LogP contribution in [0.25, 0.3) is 11.0 Å². The minimum Gasteiger partial charge on any atom is -0.423 e. The number of carbonyl (C=O) groups is 1. The molecule has 1 amide bonds. The Kier molecular flexibility index (Phi) is 6.81. The van der Waals surface area contributed by atoms with Crippen LogP contribution >= 0.6 is 0 Å². The Morgan fingerprint density at radius 3 is 2.42 bits per heavy atom. The number of hydrogen-bond acceptors (Lipinski definition) is 4. The summed E-state index contributed by atoms with van der Waals surface area (Å²) in [5.74, 6) is -1.55. The van der Waals surface area contributed by atoms with E-state index in [0.29, 0.717) is 16.5 Å². The summed E-state index contributed by atoms with van der Waals surface area (Å²) < 4.78 is 56.9. The van der Waals surface area contributed by atoms with Crippen molar-refractivity contribution in [3.8, 4) is 0 Å². The molecule has 33 heavy (non-hydrogen) atoms. The van der Waals surface area contributed by atoms with Crippen molar-refractivity contribution in [1.29, 1.82) is 0 Å². The van der Waals surface area contributed by atoms with Gasteiger partial charge in [0.2, 0.25) is 0 Å². The fraction of sp³-hybridized carbons (Fsp3) is 0.333. The number of amides is 1. The third-order valence-electron chi connectivity index (χ3n) is 5.36. The first kappa shape index (κ1) is 24.3. The summed E-state index contributed by atoms with van der Waals surface area (Å²) in [6, 6.07) is 7.24. The molecule has 0 unspecified atom stereocenters. The van der Waals surface area contributed by atoms with Crippen molar-refractivity contribution in [1.82, 2.24) is 5.32 Å². The van der Waals surface area contributed by atoms with Crippen LogP contribution in [0.5, 0.6) is 0 Å². The van der Waals surface area contributed by atoms with Gasteiger partial charge in [0.15, 0.2) is 0 Å². The van der Waals surface area contributed by atoms with Gasteiger partial charge in [-0.25, -0.2) is 9.18 Å². The van der Waals surface area contributed by atoms with Crippen molar-refractivity contribution in [2.24, 2.45) is 0 Å². The van der Waals surface area contributed by atoms with Crippen molar-refractivity contribution in [3.05, 3.63) is 74.4 Å². The molecule has 0 atom stereocenters. The van der Waals surface area contributed by atoms with Gasteiger partial charge in [-0.2, -0.15) is 13.2 Å². The van der Waals surface area contributed by atoms with Crippen molar-refractivity contribution in [3.63, 3.8) is 0 Å². The SMILES string of the molecule is Cc1cc2oc(=O)cc(CNc3cc(C(=O)NCC(F)(F)F)cc(F)c3C)c2cc1C(C)C. The van der Waals surface area contributed by atoms with E-state index >= 15 is 0 Å². The van der Waals surface area contributed by atoms with Crippen molar-refractivity contribution >= 4 is 22.6 Å². The molecule has 1 aromatic heterocycles. The highest BCUT2D eigenvalue weighted by atomic mass is 19.4. The zero-order chi connectivity index (χ0) is 24.5. The van der Waals surface area contributed by atoms with Crippen LogP contribution in [0.2, 0.25) is 0 Å². The molecule has 3 aromatic rings. The van der Waals surface area contributed by atoms with Crippen molar-refractivity contribution in [2.75, 3.05) is 11.9 Å². The van der Waals surface area contributed by atoms with Crippen molar-refractivity contribution in [2.45, 2.75) is 46.3 Å². The van der Waals surface area contributed by atoms with Crippen LogP contribution in [0.1, 0.15) is 52.4 Å². The van der Waals surface area contributed by atoms with Crippen LogP contribution in [0.3, 0.4) is 0 Å². The van der Waals surface area contributed by atoms with Crippen LogP contribution in [-0.4, -0.2) is 18.6 Å². The molecule has 3 rings (SSSR count). The summed E-state index contributed by atoms with van der Waals surface area (Å²) in [7, 11) is 0. The predicted octanol–water partition coefficient (Wildman–Crippen LogP) is 5.58. The largest absolute Gasteiger partial charge is 0.423 e. The molecule has 0 radical (unpaired) electrons. The molecule has 0 aliphatic heterocycles. The van der Waals surface area contributed by atoms with Crippen LogP contribution in [0.15, 0.2) is 39.5 Å². The summed E-state index contributed by atoms with van der Waals surface area (Å²) in [6.45, 7) is 6.09.